The number of fused-ring (bicyclic) bond motifs is 1. The zero-order valence-electron chi connectivity index (χ0n) is 12.6. The molecule has 6 heteroatoms. The number of aromatic nitrogens is 1. The van der Waals surface area contributed by atoms with Crippen molar-refractivity contribution in [3.63, 3.8) is 0 Å². The van der Waals surface area contributed by atoms with Gasteiger partial charge in [-0.1, -0.05) is 6.07 Å². The molecule has 0 fully saturated rings. The van der Waals surface area contributed by atoms with Crippen molar-refractivity contribution in [1.82, 2.24) is 4.40 Å². The Hall–Kier alpha value is -3.15. The molecule has 0 aliphatic rings. The summed E-state index contributed by atoms with van der Waals surface area (Å²) in [7, 11) is 1.34. The van der Waals surface area contributed by atoms with E-state index in [9.17, 15) is 14.9 Å². The molecule has 0 spiro atoms. The van der Waals surface area contributed by atoms with Gasteiger partial charge in [0.2, 0.25) is 5.78 Å². The highest BCUT2D eigenvalue weighted by Crippen LogP contribution is 2.29. The van der Waals surface area contributed by atoms with Crippen molar-refractivity contribution in [1.29, 1.82) is 0 Å². The number of ether oxygens (including phenoxy) is 1. The summed E-state index contributed by atoms with van der Waals surface area (Å²) in [5.41, 5.74) is 2.15. The number of nitrogens with zero attached hydrogens (tertiary/aromatic N) is 2. The van der Waals surface area contributed by atoms with Crippen LogP contribution in [0.5, 0.6) is 5.75 Å². The van der Waals surface area contributed by atoms with Gasteiger partial charge in [-0.3, -0.25) is 14.9 Å². The van der Waals surface area contributed by atoms with Crippen molar-refractivity contribution < 1.29 is 14.5 Å². The normalized spacial score (nSPS) is 10.7. The number of nitro groups is 1. The van der Waals surface area contributed by atoms with E-state index in [-0.39, 0.29) is 17.2 Å². The molecule has 1 radical (unpaired) electrons. The lowest BCUT2D eigenvalue weighted by Crippen LogP contribution is -2.07. The number of hydrogen-bond donors (Lipinski definition) is 0. The van der Waals surface area contributed by atoms with Gasteiger partial charge in [-0.25, -0.2) is 0 Å². The highest BCUT2D eigenvalue weighted by Gasteiger charge is 2.21. The van der Waals surface area contributed by atoms with Crippen LogP contribution in [0.15, 0.2) is 42.6 Å². The fourth-order valence-electron chi connectivity index (χ4n) is 2.56. The zero-order valence-corrected chi connectivity index (χ0v) is 12.6. The highest BCUT2D eigenvalue weighted by molar-refractivity contribution is 6.10. The van der Waals surface area contributed by atoms with Crippen molar-refractivity contribution >= 4 is 17.0 Å². The van der Waals surface area contributed by atoms with Gasteiger partial charge < -0.3 is 9.14 Å². The van der Waals surface area contributed by atoms with Gasteiger partial charge in [0.1, 0.15) is 0 Å². The van der Waals surface area contributed by atoms with Crippen molar-refractivity contribution in [2.75, 3.05) is 7.11 Å². The summed E-state index contributed by atoms with van der Waals surface area (Å²) >= 11 is 0. The number of carbonyl (C=O) groups excluding carboxylic acids is 1. The summed E-state index contributed by atoms with van der Waals surface area (Å²) in [6.45, 7) is 1.81. The molecule has 6 nitrogen and oxygen atoms in total. The largest absolute Gasteiger partial charge is 0.490 e. The first-order chi connectivity index (χ1) is 11.0. The van der Waals surface area contributed by atoms with Gasteiger partial charge in [0, 0.05) is 23.9 Å². The summed E-state index contributed by atoms with van der Waals surface area (Å²) in [6, 6.07) is 12.8. The van der Waals surface area contributed by atoms with E-state index >= 15 is 0 Å². The minimum Gasteiger partial charge on any atom is -0.490 e. The van der Waals surface area contributed by atoms with Crippen LogP contribution in [0.3, 0.4) is 0 Å². The second-order valence-corrected chi connectivity index (χ2v) is 5.03. The monoisotopic (exact) mass is 309 g/mol. The maximum Gasteiger partial charge on any atom is 0.310 e. The molecule has 3 aromatic rings. The van der Waals surface area contributed by atoms with Crippen LogP contribution in [0.25, 0.3) is 5.52 Å². The summed E-state index contributed by atoms with van der Waals surface area (Å²) in [5, 5.41) is 11.0. The van der Waals surface area contributed by atoms with Crippen molar-refractivity contribution in [2.45, 2.75) is 6.92 Å². The molecule has 0 saturated carbocycles. The van der Waals surface area contributed by atoms with E-state index in [0.29, 0.717) is 11.3 Å². The molecule has 0 saturated heterocycles. The molecule has 0 aliphatic carbocycles. The molecule has 0 unspecified atom stereocenters. The van der Waals surface area contributed by atoms with Crippen LogP contribution in [-0.2, 0) is 0 Å². The molecule has 3 rings (SSSR count). The number of rotatable bonds is 4. The number of benzene rings is 1. The lowest BCUT2D eigenvalue weighted by Gasteiger charge is -2.06. The number of hydrogen-bond acceptors (Lipinski definition) is 4. The average molecular weight is 309 g/mol. The Morgan fingerprint density at radius 3 is 2.78 bits per heavy atom. The van der Waals surface area contributed by atoms with Gasteiger partial charge in [0.05, 0.1) is 23.2 Å². The average Bonchev–Trinajstić information content (AvgIpc) is 2.89. The van der Waals surface area contributed by atoms with E-state index in [4.69, 9.17) is 4.74 Å². The summed E-state index contributed by atoms with van der Waals surface area (Å²) < 4.78 is 6.78. The lowest BCUT2D eigenvalue weighted by atomic mass is 10.0. The van der Waals surface area contributed by atoms with Crippen molar-refractivity contribution in [3.8, 4) is 5.75 Å². The third-order valence-corrected chi connectivity index (χ3v) is 3.63. The van der Waals surface area contributed by atoms with Crippen molar-refractivity contribution in [2.24, 2.45) is 0 Å². The summed E-state index contributed by atoms with van der Waals surface area (Å²) in [6.07, 6.45) is 1.79. The number of carbonyl (C=O) groups is 1. The second kappa shape index (κ2) is 5.57. The molecule has 0 amide bonds. The number of nitro benzene ring substituents is 1. The predicted molar refractivity (Wildman–Crippen MR) is 84.1 cm³/mol. The van der Waals surface area contributed by atoms with Gasteiger partial charge >= 0.3 is 5.69 Å². The molecule has 0 N–H and O–H groups in total. The first-order valence-corrected chi connectivity index (χ1v) is 6.89. The molecule has 0 bridgehead atoms. The van der Waals surface area contributed by atoms with E-state index in [0.717, 1.165) is 11.1 Å². The number of methoxy groups -OCH3 is 1. The van der Waals surface area contributed by atoms with E-state index < -0.39 is 4.92 Å². The second-order valence-electron chi connectivity index (χ2n) is 5.03. The van der Waals surface area contributed by atoms with Crippen LogP contribution >= 0.6 is 0 Å². The van der Waals surface area contributed by atoms with Gasteiger partial charge in [0.25, 0.3) is 0 Å². The van der Waals surface area contributed by atoms with Crippen molar-refractivity contribution in [3.05, 3.63) is 75.6 Å². The van der Waals surface area contributed by atoms with Crippen LogP contribution in [0.4, 0.5) is 5.69 Å². The fraction of sp³-hybridized carbons (Fsp3) is 0.118. The first-order valence-electron chi connectivity index (χ1n) is 6.89. The molecular formula is C17H13N2O4. The molecule has 23 heavy (non-hydrogen) atoms. The van der Waals surface area contributed by atoms with Crippen LogP contribution in [-0.4, -0.2) is 22.2 Å². The maximum atomic E-state index is 12.8. The Bertz CT molecular complexity index is 927. The Morgan fingerprint density at radius 1 is 1.30 bits per heavy atom. The van der Waals surface area contributed by atoms with E-state index in [1.165, 1.54) is 25.3 Å². The highest BCUT2D eigenvalue weighted by atomic mass is 16.6. The fourth-order valence-corrected chi connectivity index (χ4v) is 2.56. The van der Waals surface area contributed by atoms with Crippen LogP contribution in [0.1, 0.15) is 21.6 Å². The minimum absolute atomic E-state index is 0.0587. The lowest BCUT2D eigenvalue weighted by molar-refractivity contribution is -0.385. The van der Waals surface area contributed by atoms with Gasteiger partial charge in [-0.05, 0) is 36.8 Å². The summed E-state index contributed by atoms with van der Waals surface area (Å²) in [5.74, 6) is -0.179. The molecule has 0 atom stereocenters. The maximum absolute atomic E-state index is 12.8. The van der Waals surface area contributed by atoms with Crippen LogP contribution in [0.2, 0.25) is 0 Å². The van der Waals surface area contributed by atoms with E-state index in [1.54, 1.807) is 10.6 Å². The number of aryl methyl sites for hydroxylation is 1. The quantitative estimate of drug-likeness (QED) is 0.421. The molecular weight excluding hydrogens is 296 g/mol. The van der Waals surface area contributed by atoms with Gasteiger partial charge in [-0.2, -0.15) is 0 Å². The molecule has 2 heterocycles. The first kappa shape index (κ1) is 14.8. The van der Waals surface area contributed by atoms with Crippen LogP contribution < -0.4 is 4.74 Å². The number of ketones is 1. The summed E-state index contributed by atoms with van der Waals surface area (Å²) in [4.78, 5) is 23.2. The Kier molecular flexibility index (Phi) is 3.57. The zero-order chi connectivity index (χ0) is 16.6. The third-order valence-electron chi connectivity index (χ3n) is 3.63. The minimum atomic E-state index is -0.543. The topological polar surface area (TPSA) is 73.8 Å². The van der Waals surface area contributed by atoms with Gasteiger partial charge in [-0.15, -0.1) is 0 Å². The third kappa shape index (κ3) is 2.44. The number of pyridine rings is 1. The van der Waals surface area contributed by atoms with Gasteiger partial charge in [0.15, 0.2) is 5.75 Å². The Balaban J connectivity index is 2.13. The standard InChI is InChI=1S/C17H13N2O4/c1-11-9-13-5-3-4-8-18(13)16(11)17(20)12-6-7-14(19(21)22)15(10-12)23-2/h3-8,10H,1-2H3. The molecule has 2 aromatic heterocycles. The smallest absolute Gasteiger partial charge is 0.310 e. The molecule has 115 valence electrons. The van der Waals surface area contributed by atoms with Crippen LogP contribution in [0, 0.1) is 23.1 Å². The Morgan fingerprint density at radius 2 is 2.09 bits per heavy atom. The molecule has 0 aliphatic heterocycles. The Labute approximate surface area is 132 Å². The van der Waals surface area contributed by atoms with E-state index in [2.05, 4.69) is 6.07 Å². The van der Waals surface area contributed by atoms with E-state index in [1.807, 2.05) is 25.1 Å². The SMILES string of the molecule is COc1cc(C(=O)c2c(C)[c]c3ccccn23)ccc1[N+](=O)[O-]. The predicted octanol–water partition coefficient (Wildman–Crippen LogP) is 3.20. The molecule has 1 aromatic carbocycles.